The lowest BCUT2D eigenvalue weighted by atomic mass is 10.2. The molecule has 2 heterocycles. The molecule has 1 aliphatic heterocycles. The van der Waals surface area contributed by atoms with E-state index in [0.717, 1.165) is 41.5 Å². The van der Waals surface area contributed by atoms with Gasteiger partial charge in [0.25, 0.3) is 0 Å². The zero-order valence-corrected chi connectivity index (χ0v) is 19.3. The van der Waals surface area contributed by atoms with Crippen LogP contribution in [0.4, 0.5) is 0 Å². The number of carbonyl (C=O) groups is 1. The Morgan fingerprint density at radius 2 is 1.88 bits per heavy atom. The van der Waals surface area contributed by atoms with Gasteiger partial charge in [0, 0.05) is 36.7 Å². The summed E-state index contributed by atoms with van der Waals surface area (Å²) < 4.78 is 34.7. The lowest BCUT2D eigenvalue weighted by Crippen LogP contribution is -2.35. The van der Waals surface area contributed by atoms with Gasteiger partial charge in [0.05, 0.1) is 12.0 Å². The van der Waals surface area contributed by atoms with E-state index in [0.29, 0.717) is 24.5 Å². The molecule has 0 spiro atoms. The van der Waals surface area contributed by atoms with E-state index in [9.17, 15) is 13.2 Å². The largest absolute Gasteiger partial charge is 0.497 e. The van der Waals surface area contributed by atoms with E-state index in [1.807, 2.05) is 48.0 Å². The molecule has 1 saturated heterocycles. The second kappa shape index (κ2) is 9.34. The third-order valence-corrected chi connectivity index (χ3v) is 7.94. The van der Waals surface area contributed by atoms with Crippen molar-refractivity contribution in [2.24, 2.45) is 0 Å². The quantitative estimate of drug-likeness (QED) is 0.589. The predicted octanol–water partition coefficient (Wildman–Crippen LogP) is 3.70. The normalized spacial score (nSPS) is 16.1. The monoisotopic (exact) mass is 455 g/mol. The number of rotatable bonds is 7. The number of fused-ring (bicyclic) bond motifs is 1. The molecule has 0 radical (unpaired) electrons. The zero-order chi connectivity index (χ0) is 22.7. The van der Waals surface area contributed by atoms with E-state index in [-0.39, 0.29) is 5.91 Å². The van der Waals surface area contributed by atoms with Crippen LogP contribution in [0, 0.1) is 0 Å². The van der Waals surface area contributed by atoms with Crippen LogP contribution in [-0.2, 0) is 21.4 Å². The van der Waals surface area contributed by atoms with E-state index in [1.54, 1.807) is 29.6 Å². The fraction of sp³-hybridized carbons (Fsp3) is 0.375. The SMILES string of the molecule is COc1cccc(CNC(=O)C(C)n2ccc3cc(S(=O)(=O)N4CCCCC4)ccc32)c1. The first kappa shape index (κ1) is 22.4. The number of benzene rings is 2. The van der Waals surface area contributed by atoms with Crippen molar-refractivity contribution in [3.05, 3.63) is 60.3 Å². The highest BCUT2D eigenvalue weighted by atomic mass is 32.2. The number of hydrogen-bond donors (Lipinski definition) is 1. The van der Waals surface area contributed by atoms with E-state index >= 15 is 0 Å². The van der Waals surface area contributed by atoms with Crippen LogP contribution in [0.25, 0.3) is 10.9 Å². The van der Waals surface area contributed by atoms with Crippen LogP contribution in [0.15, 0.2) is 59.6 Å². The van der Waals surface area contributed by atoms with Crippen LogP contribution >= 0.6 is 0 Å². The molecule has 4 rings (SSSR count). The van der Waals surface area contributed by atoms with Crippen LogP contribution in [-0.4, -0.2) is 43.4 Å². The Balaban J connectivity index is 1.49. The van der Waals surface area contributed by atoms with Crippen LogP contribution in [0.5, 0.6) is 5.75 Å². The molecule has 8 heteroatoms. The van der Waals surface area contributed by atoms with E-state index in [2.05, 4.69) is 5.32 Å². The lowest BCUT2D eigenvalue weighted by molar-refractivity contribution is -0.123. The molecule has 32 heavy (non-hydrogen) atoms. The molecule has 1 fully saturated rings. The average Bonchev–Trinajstić information content (AvgIpc) is 3.26. The van der Waals surface area contributed by atoms with Crippen LogP contribution < -0.4 is 10.1 Å². The van der Waals surface area contributed by atoms with Gasteiger partial charge in [-0.05, 0) is 61.7 Å². The number of ether oxygens (including phenoxy) is 1. The number of nitrogens with one attached hydrogen (secondary N) is 1. The molecule has 1 aliphatic rings. The second-order valence-corrected chi connectivity index (χ2v) is 10.1. The Labute approximate surface area is 189 Å². The Kier molecular flexibility index (Phi) is 6.53. The molecule has 0 saturated carbocycles. The fourth-order valence-corrected chi connectivity index (χ4v) is 5.69. The van der Waals surface area contributed by atoms with Crippen molar-refractivity contribution in [2.75, 3.05) is 20.2 Å². The lowest BCUT2D eigenvalue weighted by Gasteiger charge is -2.26. The number of methoxy groups -OCH3 is 1. The van der Waals surface area contributed by atoms with Gasteiger partial charge < -0.3 is 14.6 Å². The molecule has 170 valence electrons. The standard InChI is InChI=1S/C24H29N3O4S/c1-18(24(28)25-17-19-7-6-8-21(15-19)31-2)27-14-11-20-16-22(9-10-23(20)27)32(29,30)26-12-4-3-5-13-26/h6-11,14-16,18H,3-5,12-13,17H2,1-2H3,(H,25,28). The number of hydrogen-bond acceptors (Lipinski definition) is 4. The summed E-state index contributed by atoms with van der Waals surface area (Å²) in [5.41, 5.74) is 1.78. The average molecular weight is 456 g/mol. The molecule has 0 bridgehead atoms. The smallest absolute Gasteiger partial charge is 0.243 e. The van der Waals surface area contributed by atoms with Crippen molar-refractivity contribution in [1.82, 2.24) is 14.2 Å². The molecule has 1 N–H and O–H groups in total. The molecule has 7 nitrogen and oxygen atoms in total. The third-order valence-electron chi connectivity index (χ3n) is 6.04. The Hall–Kier alpha value is -2.84. The minimum Gasteiger partial charge on any atom is -0.497 e. The molecule has 2 aromatic carbocycles. The summed E-state index contributed by atoms with van der Waals surface area (Å²) >= 11 is 0. The predicted molar refractivity (Wildman–Crippen MR) is 124 cm³/mol. The van der Waals surface area contributed by atoms with Gasteiger partial charge in [-0.15, -0.1) is 0 Å². The van der Waals surface area contributed by atoms with Crippen LogP contribution in [0.2, 0.25) is 0 Å². The molecule has 1 unspecified atom stereocenters. The van der Waals surface area contributed by atoms with Crippen molar-refractivity contribution in [2.45, 2.75) is 43.7 Å². The summed E-state index contributed by atoms with van der Waals surface area (Å²) in [7, 11) is -1.88. The van der Waals surface area contributed by atoms with Crippen molar-refractivity contribution >= 4 is 26.8 Å². The number of piperidine rings is 1. The highest BCUT2D eigenvalue weighted by Crippen LogP contribution is 2.27. The maximum Gasteiger partial charge on any atom is 0.243 e. The molecule has 1 aromatic heterocycles. The maximum atomic E-state index is 13.0. The first-order chi connectivity index (χ1) is 15.4. The van der Waals surface area contributed by atoms with E-state index in [4.69, 9.17) is 4.74 Å². The minimum absolute atomic E-state index is 0.115. The fourth-order valence-electron chi connectivity index (χ4n) is 4.14. The van der Waals surface area contributed by atoms with E-state index < -0.39 is 16.1 Å². The molecule has 1 amide bonds. The summed E-state index contributed by atoms with van der Waals surface area (Å²) in [6.07, 6.45) is 4.71. The van der Waals surface area contributed by atoms with Gasteiger partial charge >= 0.3 is 0 Å². The van der Waals surface area contributed by atoms with Gasteiger partial charge in [-0.25, -0.2) is 8.42 Å². The first-order valence-corrected chi connectivity index (χ1v) is 12.4. The number of aromatic nitrogens is 1. The van der Waals surface area contributed by atoms with Gasteiger partial charge in [-0.3, -0.25) is 4.79 Å². The van der Waals surface area contributed by atoms with Gasteiger partial charge in [-0.2, -0.15) is 4.31 Å². The number of nitrogens with zero attached hydrogens (tertiary/aromatic N) is 2. The molecule has 1 atom stereocenters. The Bertz CT molecular complexity index is 1210. The number of sulfonamides is 1. The van der Waals surface area contributed by atoms with Crippen molar-refractivity contribution in [3.63, 3.8) is 0 Å². The number of amides is 1. The summed E-state index contributed by atoms with van der Waals surface area (Å²) in [4.78, 5) is 13.1. The van der Waals surface area contributed by atoms with Crippen molar-refractivity contribution in [1.29, 1.82) is 0 Å². The topological polar surface area (TPSA) is 80.6 Å². The summed E-state index contributed by atoms with van der Waals surface area (Å²) in [6.45, 7) is 3.38. The van der Waals surface area contributed by atoms with Gasteiger partial charge in [0.2, 0.25) is 15.9 Å². The maximum absolute atomic E-state index is 13.0. The first-order valence-electron chi connectivity index (χ1n) is 10.9. The summed E-state index contributed by atoms with van der Waals surface area (Å²) in [5.74, 6) is 0.631. The molecular weight excluding hydrogens is 426 g/mol. The highest BCUT2D eigenvalue weighted by molar-refractivity contribution is 7.89. The summed E-state index contributed by atoms with van der Waals surface area (Å²) in [6, 6.07) is 14.1. The van der Waals surface area contributed by atoms with Crippen molar-refractivity contribution in [3.8, 4) is 5.75 Å². The van der Waals surface area contributed by atoms with Gasteiger partial charge in [0.1, 0.15) is 11.8 Å². The van der Waals surface area contributed by atoms with Crippen LogP contribution in [0.3, 0.4) is 0 Å². The molecule has 3 aromatic rings. The van der Waals surface area contributed by atoms with Gasteiger partial charge in [-0.1, -0.05) is 18.6 Å². The number of carbonyl (C=O) groups excluding carboxylic acids is 1. The Morgan fingerprint density at radius 1 is 1.09 bits per heavy atom. The second-order valence-electron chi connectivity index (χ2n) is 8.15. The third kappa shape index (κ3) is 4.52. The highest BCUT2D eigenvalue weighted by Gasteiger charge is 2.26. The Morgan fingerprint density at radius 3 is 2.62 bits per heavy atom. The van der Waals surface area contributed by atoms with Crippen molar-refractivity contribution < 1.29 is 17.9 Å². The summed E-state index contributed by atoms with van der Waals surface area (Å²) in [5, 5.41) is 3.77. The minimum atomic E-state index is -3.49. The van der Waals surface area contributed by atoms with Gasteiger partial charge in [0.15, 0.2) is 0 Å². The van der Waals surface area contributed by atoms with Crippen LogP contribution in [0.1, 0.15) is 37.8 Å². The molecule has 0 aliphatic carbocycles. The van der Waals surface area contributed by atoms with E-state index in [1.165, 1.54) is 0 Å². The zero-order valence-electron chi connectivity index (χ0n) is 18.5. The molecular formula is C24H29N3O4S.